The molecule has 176 valence electrons. The fourth-order valence-corrected chi connectivity index (χ4v) is 3.88. The second-order valence-electron chi connectivity index (χ2n) is 7.80. The van der Waals surface area contributed by atoms with Crippen molar-refractivity contribution in [2.24, 2.45) is 0 Å². The van der Waals surface area contributed by atoms with E-state index < -0.39 is 12.2 Å². The zero-order chi connectivity index (χ0) is 23.5. The molecule has 5 nitrogen and oxygen atoms in total. The van der Waals surface area contributed by atoms with E-state index >= 15 is 0 Å². The molecule has 0 heterocycles. The Balaban J connectivity index is 1.56. The van der Waals surface area contributed by atoms with Gasteiger partial charge in [0.2, 0.25) is 0 Å². The van der Waals surface area contributed by atoms with Gasteiger partial charge in [-0.25, -0.2) is 0 Å². The Morgan fingerprint density at radius 1 is 0.727 bits per heavy atom. The molecule has 0 unspecified atom stereocenters. The molecule has 33 heavy (non-hydrogen) atoms. The van der Waals surface area contributed by atoms with E-state index in [4.69, 9.17) is 32.7 Å². The summed E-state index contributed by atoms with van der Waals surface area (Å²) in [5.74, 6) is 1.40. The lowest BCUT2D eigenvalue weighted by molar-refractivity contribution is 0.0318. The van der Waals surface area contributed by atoms with Crippen molar-refractivity contribution >= 4 is 23.2 Å². The number of ether oxygens (including phenoxy) is 2. The van der Waals surface area contributed by atoms with Gasteiger partial charge in [0.15, 0.2) is 0 Å². The first-order chi connectivity index (χ1) is 16.0. The highest BCUT2D eigenvalue weighted by atomic mass is 35.5. The summed E-state index contributed by atoms with van der Waals surface area (Å²) in [5.41, 5.74) is 0.955. The molecule has 3 aromatic rings. The zero-order valence-electron chi connectivity index (χ0n) is 18.3. The van der Waals surface area contributed by atoms with Gasteiger partial charge in [0.05, 0.1) is 0 Å². The van der Waals surface area contributed by atoms with Gasteiger partial charge in [0.25, 0.3) is 0 Å². The van der Waals surface area contributed by atoms with E-state index in [-0.39, 0.29) is 13.2 Å². The summed E-state index contributed by atoms with van der Waals surface area (Å²) in [7, 11) is 0. The van der Waals surface area contributed by atoms with Crippen LogP contribution in [0.15, 0.2) is 78.9 Å². The molecular weight excluding hydrogens is 461 g/mol. The number of nitrogens with zero attached hydrogens (tertiary/aromatic N) is 1. The Morgan fingerprint density at radius 2 is 1.24 bits per heavy atom. The lowest BCUT2D eigenvalue weighted by atomic mass is 10.1. The second-order valence-corrected chi connectivity index (χ2v) is 8.64. The van der Waals surface area contributed by atoms with Crippen molar-refractivity contribution in [2.75, 3.05) is 32.8 Å². The van der Waals surface area contributed by atoms with Crippen LogP contribution in [0.25, 0.3) is 0 Å². The van der Waals surface area contributed by atoms with Crippen molar-refractivity contribution in [3.05, 3.63) is 94.5 Å². The highest BCUT2D eigenvalue weighted by molar-refractivity contribution is 6.35. The third-order valence-electron chi connectivity index (χ3n) is 5.02. The van der Waals surface area contributed by atoms with Crippen LogP contribution in [0.4, 0.5) is 0 Å². The van der Waals surface area contributed by atoms with Crippen LogP contribution in [-0.2, 0) is 6.42 Å². The Hall–Kier alpha value is -2.28. The van der Waals surface area contributed by atoms with Crippen LogP contribution in [0, 0.1) is 0 Å². The highest BCUT2D eigenvalue weighted by Crippen LogP contribution is 2.21. The number of aliphatic hydroxyl groups is 2. The number of rotatable bonds is 13. The van der Waals surface area contributed by atoms with E-state index in [1.54, 1.807) is 12.1 Å². The van der Waals surface area contributed by atoms with E-state index in [2.05, 4.69) is 0 Å². The Morgan fingerprint density at radius 3 is 1.73 bits per heavy atom. The first kappa shape index (κ1) is 25.3. The monoisotopic (exact) mass is 489 g/mol. The molecule has 0 bridgehead atoms. The molecule has 7 heteroatoms. The van der Waals surface area contributed by atoms with Gasteiger partial charge in [-0.2, -0.15) is 0 Å². The average Bonchev–Trinajstić information content (AvgIpc) is 2.82. The standard InChI is InChI=1S/C26H29Cl2NO4/c27-21-12-11-20(26(28)15-21)13-14-29(16-22(30)18-32-24-7-3-1-4-8-24)17-23(31)19-33-25-9-5-2-6-10-25/h1-12,15,22-23,30-31H,13-14,16-19H2/t22-,23-/m0/s1. The molecule has 0 radical (unpaired) electrons. The summed E-state index contributed by atoms with van der Waals surface area (Å²) in [5, 5.41) is 22.3. The first-order valence-electron chi connectivity index (χ1n) is 10.9. The minimum absolute atomic E-state index is 0.152. The van der Waals surface area contributed by atoms with Crippen molar-refractivity contribution in [3.8, 4) is 11.5 Å². The summed E-state index contributed by atoms with van der Waals surface area (Å²) in [6.45, 7) is 1.56. The normalized spacial score (nSPS) is 13.0. The van der Waals surface area contributed by atoms with Crippen molar-refractivity contribution in [3.63, 3.8) is 0 Å². The van der Waals surface area contributed by atoms with Crippen molar-refractivity contribution in [2.45, 2.75) is 18.6 Å². The topological polar surface area (TPSA) is 62.2 Å². The SMILES string of the molecule is O[C@H](COc1ccccc1)CN(CCc1ccc(Cl)cc1Cl)C[C@H](O)COc1ccccc1. The van der Waals surface area contributed by atoms with Gasteiger partial charge in [-0.1, -0.05) is 65.7 Å². The maximum atomic E-state index is 10.6. The van der Waals surface area contributed by atoms with Crippen LogP contribution >= 0.6 is 23.2 Å². The lowest BCUT2D eigenvalue weighted by Gasteiger charge is -2.27. The van der Waals surface area contributed by atoms with E-state index in [1.165, 1.54) is 0 Å². The lowest BCUT2D eigenvalue weighted by Crippen LogP contribution is -2.42. The van der Waals surface area contributed by atoms with Gasteiger partial charge in [0, 0.05) is 29.7 Å². The molecule has 0 aliphatic rings. The van der Waals surface area contributed by atoms with Crippen LogP contribution in [0.3, 0.4) is 0 Å². The largest absolute Gasteiger partial charge is 0.491 e. The molecule has 0 spiro atoms. The van der Waals surface area contributed by atoms with Gasteiger partial charge in [0.1, 0.15) is 36.9 Å². The molecule has 0 saturated carbocycles. The van der Waals surface area contributed by atoms with E-state index in [0.717, 1.165) is 5.56 Å². The first-order valence-corrected chi connectivity index (χ1v) is 11.6. The number of hydrogen-bond acceptors (Lipinski definition) is 5. The molecule has 0 saturated heterocycles. The third-order valence-corrected chi connectivity index (χ3v) is 5.61. The second kappa shape index (κ2) is 13.4. The van der Waals surface area contributed by atoms with E-state index in [0.29, 0.717) is 47.6 Å². The number of hydrogen-bond donors (Lipinski definition) is 2. The molecule has 0 amide bonds. The summed E-state index contributed by atoms with van der Waals surface area (Å²) >= 11 is 12.3. The van der Waals surface area contributed by atoms with Gasteiger partial charge >= 0.3 is 0 Å². The van der Waals surface area contributed by atoms with Crippen molar-refractivity contribution in [1.29, 1.82) is 0 Å². The molecule has 0 aliphatic carbocycles. The van der Waals surface area contributed by atoms with Crippen LogP contribution in [0.5, 0.6) is 11.5 Å². The van der Waals surface area contributed by atoms with Gasteiger partial charge in [-0.15, -0.1) is 0 Å². The minimum atomic E-state index is -0.729. The number of halogens is 2. The van der Waals surface area contributed by atoms with Crippen molar-refractivity contribution < 1.29 is 19.7 Å². The van der Waals surface area contributed by atoms with Gasteiger partial charge < -0.3 is 19.7 Å². The molecule has 2 N–H and O–H groups in total. The predicted molar refractivity (Wildman–Crippen MR) is 132 cm³/mol. The fourth-order valence-electron chi connectivity index (χ4n) is 3.38. The minimum Gasteiger partial charge on any atom is -0.491 e. The number of para-hydroxylation sites is 2. The molecular formula is C26H29Cl2NO4. The Labute approximate surface area is 205 Å². The summed E-state index contributed by atoms with van der Waals surface area (Å²) in [4.78, 5) is 1.99. The maximum Gasteiger partial charge on any atom is 0.119 e. The Kier molecular flexibility index (Phi) is 10.3. The summed E-state index contributed by atoms with van der Waals surface area (Å²) in [6, 6.07) is 24.1. The Bertz CT molecular complexity index is 908. The predicted octanol–water partition coefficient (Wildman–Crippen LogP) is 4.72. The summed E-state index contributed by atoms with van der Waals surface area (Å²) < 4.78 is 11.3. The van der Waals surface area contributed by atoms with Crippen LogP contribution in [-0.4, -0.2) is 60.2 Å². The number of aliphatic hydroxyl groups excluding tert-OH is 2. The smallest absolute Gasteiger partial charge is 0.119 e. The fraction of sp³-hybridized carbons (Fsp3) is 0.308. The highest BCUT2D eigenvalue weighted by Gasteiger charge is 2.18. The van der Waals surface area contributed by atoms with Crippen LogP contribution in [0.1, 0.15) is 5.56 Å². The van der Waals surface area contributed by atoms with E-state index in [9.17, 15) is 10.2 Å². The van der Waals surface area contributed by atoms with Gasteiger partial charge in [-0.05, 0) is 48.4 Å². The molecule has 3 rings (SSSR count). The van der Waals surface area contributed by atoms with Crippen LogP contribution in [0.2, 0.25) is 10.0 Å². The molecule has 0 aliphatic heterocycles. The number of benzene rings is 3. The molecule has 0 fully saturated rings. The molecule has 2 atom stereocenters. The third kappa shape index (κ3) is 9.24. The van der Waals surface area contributed by atoms with Crippen molar-refractivity contribution in [1.82, 2.24) is 4.90 Å². The molecule has 3 aromatic carbocycles. The van der Waals surface area contributed by atoms with Crippen LogP contribution < -0.4 is 9.47 Å². The average molecular weight is 490 g/mol. The van der Waals surface area contributed by atoms with Gasteiger partial charge in [-0.3, -0.25) is 4.90 Å². The zero-order valence-corrected chi connectivity index (χ0v) is 19.8. The maximum absolute atomic E-state index is 10.6. The summed E-state index contributed by atoms with van der Waals surface area (Å²) in [6.07, 6.45) is -0.810. The quantitative estimate of drug-likeness (QED) is 0.363. The molecule has 0 aromatic heterocycles. The van der Waals surface area contributed by atoms with E-state index in [1.807, 2.05) is 71.6 Å².